The lowest BCUT2D eigenvalue weighted by Gasteiger charge is -2.39. The minimum Gasteiger partial charge on any atom is -0.497 e. The number of rotatable bonds is 6. The number of aryl methyl sites for hydroxylation is 1. The SMILES string of the molecule is COc1ccc(CN2CC(Oc3ccc(-c4ccnc(C)c4)cc3)C2)cc1. The van der Waals surface area contributed by atoms with Gasteiger partial charge in [-0.05, 0) is 60.0 Å². The highest BCUT2D eigenvalue weighted by Crippen LogP contribution is 2.25. The van der Waals surface area contributed by atoms with Gasteiger partial charge in [-0.2, -0.15) is 0 Å². The summed E-state index contributed by atoms with van der Waals surface area (Å²) in [7, 11) is 1.69. The van der Waals surface area contributed by atoms with E-state index in [4.69, 9.17) is 9.47 Å². The topological polar surface area (TPSA) is 34.6 Å². The van der Waals surface area contributed by atoms with Crippen molar-refractivity contribution in [2.45, 2.75) is 19.6 Å². The van der Waals surface area contributed by atoms with Crippen molar-refractivity contribution in [3.63, 3.8) is 0 Å². The molecule has 0 saturated carbocycles. The Hall–Kier alpha value is -2.85. The Bertz CT molecular complexity index is 885. The summed E-state index contributed by atoms with van der Waals surface area (Å²) in [6.45, 7) is 4.87. The van der Waals surface area contributed by atoms with E-state index in [-0.39, 0.29) is 6.10 Å². The number of likely N-dealkylation sites (tertiary alicyclic amines) is 1. The van der Waals surface area contributed by atoms with Gasteiger partial charge in [0.2, 0.25) is 0 Å². The molecule has 1 saturated heterocycles. The first kappa shape index (κ1) is 17.6. The van der Waals surface area contributed by atoms with Crippen LogP contribution in [0.1, 0.15) is 11.3 Å². The van der Waals surface area contributed by atoms with Crippen molar-refractivity contribution in [3.8, 4) is 22.6 Å². The van der Waals surface area contributed by atoms with Gasteiger partial charge in [0.15, 0.2) is 0 Å². The van der Waals surface area contributed by atoms with Crippen molar-refractivity contribution in [1.29, 1.82) is 0 Å². The molecule has 0 radical (unpaired) electrons. The maximum absolute atomic E-state index is 6.10. The molecule has 4 rings (SSSR count). The Kier molecular flexibility index (Phi) is 5.07. The number of aromatic nitrogens is 1. The fourth-order valence-corrected chi connectivity index (χ4v) is 3.36. The van der Waals surface area contributed by atoms with Gasteiger partial charge in [0.05, 0.1) is 7.11 Å². The molecule has 0 amide bonds. The van der Waals surface area contributed by atoms with Crippen molar-refractivity contribution >= 4 is 0 Å². The summed E-state index contributed by atoms with van der Waals surface area (Å²) < 4.78 is 11.3. The van der Waals surface area contributed by atoms with E-state index in [1.54, 1.807) is 7.11 Å². The van der Waals surface area contributed by atoms with Gasteiger partial charge in [0.25, 0.3) is 0 Å². The molecule has 1 aliphatic rings. The summed E-state index contributed by atoms with van der Waals surface area (Å²) in [5, 5.41) is 0. The summed E-state index contributed by atoms with van der Waals surface area (Å²) in [4.78, 5) is 6.64. The predicted molar refractivity (Wildman–Crippen MR) is 107 cm³/mol. The van der Waals surface area contributed by atoms with Crippen LogP contribution in [0.3, 0.4) is 0 Å². The third-order valence-corrected chi connectivity index (χ3v) is 4.88. The third kappa shape index (κ3) is 4.29. The molecule has 2 aromatic carbocycles. The average molecular weight is 360 g/mol. The molecule has 1 aromatic heterocycles. The van der Waals surface area contributed by atoms with E-state index >= 15 is 0 Å². The first-order valence-corrected chi connectivity index (χ1v) is 9.24. The van der Waals surface area contributed by atoms with Gasteiger partial charge in [-0.3, -0.25) is 9.88 Å². The highest BCUT2D eigenvalue weighted by atomic mass is 16.5. The first-order valence-electron chi connectivity index (χ1n) is 9.24. The zero-order valence-corrected chi connectivity index (χ0v) is 15.8. The number of methoxy groups -OCH3 is 1. The van der Waals surface area contributed by atoms with E-state index in [0.29, 0.717) is 0 Å². The fourth-order valence-electron chi connectivity index (χ4n) is 3.36. The smallest absolute Gasteiger partial charge is 0.124 e. The molecule has 0 unspecified atom stereocenters. The molecule has 0 spiro atoms. The van der Waals surface area contributed by atoms with Gasteiger partial charge < -0.3 is 9.47 Å². The number of ether oxygens (including phenoxy) is 2. The second-order valence-electron chi connectivity index (χ2n) is 6.99. The van der Waals surface area contributed by atoms with E-state index in [2.05, 4.69) is 52.3 Å². The Balaban J connectivity index is 1.28. The van der Waals surface area contributed by atoms with Crippen LogP contribution in [0.15, 0.2) is 66.9 Å². The summed E-state index contributed by atoms with van der Waals surface area (Å²) >= 11 is 0. The van der Waals surface area contributed by atoms with Crippen LogP contribution in [0.25, 0.3) is 11.1 Å². The largest absolute Gasteiger partial charge is 0.497 e. The number of benzene rings is 2. The van der Waals surface area contributed by atoms with Crippen LogP contribution in [0.5, 0.6) is 11.5 Å². The molecular weight excluding hydrogens is 336 g/mol. The van der Waals surface area contributed by atoms with E-state index < -0.39 is 0 Å². The minimum absolute atomic E-state index is 0.261. The molecule has 0 aliphatic carbocycles. The van der Waals surface area contributed by atoms with Crippen LogP contribution < -0.4 is 9.47 Å². The maximum atomic E-state index is 6.10. The van der Waals surface area contributed by atoms with Gasteiger partial charge in [-0.1, -0.05) is 24.3 Å². The Labute approximate surface area is 160 Å². The normalized spacial score (nSPS) is 14.6. The van der Waals surface area contributed by atoms with Crippen molar-refractivity contribution in [2.24, 2.45) is 0 Å². The molecule has 0 bridgehead atoms. The molecule has 3 aromatic rings. The number of hydrogen-bond donors (Lipinski definition) is 0. The summed E-state index contributed by atoms with van der Waals surface area (Å²) in [6.07, 6.45) is 2.11. The molecule has 1 aliphatic heterocycles. The van der Waals surface area contributed by atoms with Crippen LogP contribution in [-0.2, 0) is 6.54 Å². The Morgan fingerprint density at radius 3 is 2.30 bits per heavy atom. The van der Waals surface area contributed by atoms with Crippen molar-refractivity contribution in [1.82, 2.24) is 9.88 Å². The van der Waals surface area contributed by atoms with Gasteiger partial charge in [-0.25, -0.2) is 0 Å². The lowest BCUT2D eigenvalue weighted by Crippen LogP contribution is -2.53. The summed E-state index contributed by atoms with van der Waals surface area (Å²) in [5.74, 6) is 1.83. The van der Waals surface area contributed by atoms with Gasteiger partial charge in [0, 0.05) is 31.5 Å². The van der Waals surface area contributed by atoms with Crippen LogP contribution in [0.2, 0.25) is 0 Å². The quantitative estimate of drug-likeness (QED) is 0.655. The standard InChI is InChI=1S/C23H24N2O2/c1-17-13-20(11-12-24-17)19-5-9-22(10-6-19)27-23-15-25(16-23)14-18-3-7-21(26-2)8-4-18/h3-13,23H,14-16H2,1-2H3. The van der Waals surface area contributed by atoms with Crippen LogP contribution >= 0.6 is 0 Å². The van der Waals surface area contributed by atoms with Crippen molar-refractivity contribution < 1.29 is 9.47 Å². The lowest BCUT2D eigenvalue weighted by atomic mass is 10.1. The van der Waals surface area contributed by atoms with Crippen molar-refractivity contribution in [2.75, 3.05) is 20.2 Å². The van der Waals surface area contributed by atoms with Crippen LogP contribution in [0.4, 0.5) is 0 Å². The highest BCUT2D eigenvalue weighted by molar-refractivity contribution is 5.64. The molecule has 27 heavy (non-hydrogen) atoms. The number of hydrogen-bond acceptors (Lipinski definition) is 4. The third-order valence-electron chi connectivity index (χ3n) is 4.88. The van der Waals surface area contributed by atoms with Crippen LogP contribution in [0, 0.1) is 6.92 Å². The zero-order chi connectivity index (χ0) is 18.6. The molecular formula is C23H24N2O2. The number of pyridine rings is 1. The average Bonchev–Trinajstić information content (AvgIpc) is 2.67. The maximum Gasteiger partial charge on any atom is 0.124 e. The molecule has 0 atom stereocenters. The Morgan fingerprint density at radius 2 is 1.63 bits per heavy atom. The molecule has 4 nitrogen and oxygen atoms in total. The van der Waals surface area contributed by atoms with E-state index in [1.807, 2.05) is 31.3 Å². The van der Waals surface area contributed by atoms with E-state index in [1.165, 1.54) is 16.7 Å². The van der Waals surface area contributed by atoms with E-state index in [0.717, 1.165) is 36.8 Å². The molecule has 4 heteroatoms. The Morgan fingerprint density at radius 1 is 0.926 bits per heavy atom. The summed E-state index contributed by atoms with van der Waals surface area (Å²) in [6, 6.07) is 20.7. The second kappa shape index (κ2) is 7.80. The molecule has 1 fully saturated rings. The van der Waals surface area contributed by atoms with E-state index in [9.17, 15) is 0 Å². The monoisotopic (exact) mass is 360 g/mol. The van der Waals surface area contributed by atoms with Gasteiger partial charge in [-0.15, -0.1) is 0 Å². The lowest BCUT2D eigenvalue weighted by molar-refractivity contribution is 0.0146. The molecule has 0 N–H and O–H groups in total. The summed E-state index contributed by atoms with van der Waals surface area (Å²) in [5.41, 5.74) is 4.69. The first-order chi connectivity index (χ1) is 13.2. The highest BCUT2D eigenvalue weighted by Gasteiger charge is 2.28. The van der Waals surface area contributed by atoms with Crippen molar-refractivity contribution in [3.05, 3.63) is 78.1 Å². The zero-order valence-electron chi connectivity index (χ0n) is 15.8. The van der Waals surface area contributed by atoms with Gasteiger partial charge >= 0.3 is 0 Å². The second-order valence-corrected chi connectivity index (χ2v) is 6.99. The molecule has 2 heterocycles. The molecule has 138 valence electrons. The predicted octanol–water partition coefficient (Wildman–Crippen LogP) is 4.33. The van der Waals surface area contributed by atoms with Crippen LogP contribution in [-0.4, -0.2) is 36.2 Å². The fraction of sp³-hybridized carbons (Fsp3) is 0.261. The van der Waals surface area contributed by atoms with Gasteiger partial charge in [0.1, 0.15) is 17.6 Å². The number of nitrogens with zero attached hydrogens (tertiary/aromatic N) is 2. The minimum atomic E-state index is 0.261.